The third-order valence-electron chi connectivity index (χ3n) is 6.29. The minimum atomic E-state index is -0.424. The summed E-state index contributed by atoms with van der Waals surface area (Å²) in [5.41, 5.74) is 1.12. The molecule has 0 bridgehead atoms. The molecule has 172 valence electrons. The Labute approximate surface area is 189 Å². The molecule has 9 heteroatoms. The lowest BCUT2D eigenvalue weighted by Gasteiger charge is -2.42. The van der Waals surface area contributed by atoms with Crippen molar-refractivity contribution in [2.45, 2.75) is 18.3 Å². The van der Waals surface area contributed by atoms with Gasteiger partial charge in [0.1, 0.15) is 12.2 Å². The van der Waals surface area contributed by atoms with Gasteiger partial charge in [0.15, 0.2) is 6.10 Å². The van der Waals surface area contributed by atoms with Crippen LogP contribution in [-0.2, 0) is 14.2 Å². The molecule has 0 saturated carbocycles. The lowest BCUT2D eigenvalue weighted by Crippen LogP contribution is -2.58. The topological polar surface area (TPSA) is 57.7 Å². The van der Waals surface area contributed by atoms with Gasteiger partial charge in [-0.25, -0.2) is 4.79 Å². The number of halogens is 1. The molecular formula is C22H33ClN4O4. The minimum absolute atomic E-state index is 0.186. The highest BCUT2D eigenvalue weighted by atomic mass is 35.5. The first-order valence-electron chi connectivity index (χ1n) is 11.1. The number of hydrogen-bond donors (Lipinski definition) is 0. The molecule has 0 aromatic heterocycles. The molecule has 4 rings (SSSR count). The number of hydrogen-bond acceptors (Lipinski definition) is 7. The van der Waals surface area contributed by atoms with Crippen LogP contribution in [0, 0.1) is 0 Å². The molecule has 0 N–H and O–H groups in total. The van der Waals surface area contributed by atoms with E-state index in [4.69, 9.17) is 25.8 Å². The standard InChI is InChI=1S/C22H33ClN4O4/c1-24-11-13-29-19(15-24)21(20-16-25(2)12-14-30-20)31-22(28)27-9-7-26(8-10-27)18-5-3-17(23)4-6-18/h3-6,19-21H,7-16H2,1-2H3. The summed E-state index contributed by atoms with van der Waals surface area (Å²) in [7, 11) is 4.14. The number of likely N-dealkylation sites (N-methyl/N-ethyl adjacent to an activating group) is 2. The number of rotatable bonds is 4. The Morgan fingerprint density at radius 1 is 0.935 bits per heavy atom. The van der Waals surface area contributed by atoms with Crippen LogP contribution in [-0.4, -0.2) is 119 Å². The summed E-state index contributed by atoms with van der Waals surface area (Å²) in [5, 5.41) is 0.725. The van der Waals surface area contributed by atoms with Crippen LogP contribution in [0.5, 0.6) is 0 Å². The molecule has 3 aliphatic heterocycles. The number of carbonyl (C=O) groups excluding carboxylic acids is 1. The van der Waals surface area contributed by atoms with E-state index in [1.165, 1.54) is 0 Å². The minimum Gasteiger partial charge on any atom is -0.440 e. The Morgan fingerprint density at radius 2 is 1.48 bits per heavy atom. The van der Waals surface area contributed by atoms with E-state index in [1.54, 1.807) is 4.90 Å². The molecule has 0 spiro atoms. The molecule has 0 radical (unpaired) electrons. The van der Waals surface area contributed by atoms with Crippen molar-refractivity contribution < 1.29 is 19.0 Å². The maximum Gasteiger partial charge on any atom is 0.410 e. The monoisotopic (exact) mass is 452 g/mol. The summed E-state index contributed by atoms with van der Waals surface area (Å²) in [6, 6.07) is 7.81. The summed E-state index contributed by atoms with van der Waals surface area (Å²) in [5.74, 6) is 0. The predicted molar refractivity (Wildman–Crippen MR) is 120 cm³/mol. The SMILES string of the molecule is CN1CCOC(C(OC(=O)N2CCN(c3ccc(Cl)cc3)CC2)C2CN(C)CCO2)C1. The van der Waals surface area contributed by atoms with Gasteiger partial charge in [-0.2, -0.15) is 0 Å². The van der Waals surface area contributed by atoms with Crippen LogP contribution in [0.15, 0.2) is 24.3 Å². The molecule has 0 aliphatic carbocycles. The van der Waals surface area contributed by atoms with Crippen molar-refractivity contribution in [2.24, 2.45) is 0 Å². The quantitative estimate of drug-likeness (QED) is 0.688. The van der Waals surface area contributed by atoms with Gasteiger partial charge < -0.3 is 33.8 Å². The van der Waals surface area contributed by atoms with Crippen molar-refractivity contribution in [1.29, 1.82) is 0 Å². The number of piperazine rings is 1. The highest BCUT2D eigenvalue weighted by Gasteiger charge is 2.39. The maximum atomic E-state index is 13.1. The maximum absolute atomic E-state index is 13.1. The number of benzene rings is 1. The number of ether oxygens (including phenoxy) is 3. The fraction of sp³-hybridized carbons (Fsp3) is 0.682. The highest BCUT2D eigenvalue weighted by molar-refractivity contribution is 6.30. The number of carbonyl (C=O) groups is 1. The van der Waals surface area contributed by atoms with E-state index in [-0.39, 0.29) is 18.3 Å². The average molecular weight is 453 g/mol. The Hall–Kier alpha value is -1.58. The van der Waals surface area contributed by atoms with Crippen molar-refractivity contribution in [2.75, 3.05) is 84.6 Å². The van der Waals surface area contributed by atoms with Gasteiger partial charge in [-0.3, -0.25) is 0 Å². The molecular weight excluding hydrogens is 420 g/mol. The van der Waals surface area contributed by atoms with Crippen LogP contribution in [0.25, 0.3) is 0 Å². The van der Waals surface area contributed by atoms with E-state index in [2.05, 4.69) is 28.8 Å². The van der Waals surface area contributed by atoms with Gasteiger partial charge in [-0.1, -0.05) is 11.6 Å². The highest BCUT2D eigenvalue weighted by Crippen LogP contribution is 2.22. The molecule has 8 nitrogen and oxygen atoms in total. The largest absolute Gasteiger partial charge is 0.440 e. The number of nitrogens with zero attached hydrogens (tertiary/aromatic N) is 4. The summed E-state index contributed by atoms with van der Waals surface area (Å²) >= 11 is 6.00. The van der Waals surface area contributed by atoms with Crippen molar-refractivity contribution in [3.8, 4) is 0 Å². The Balaban J connectivity index is 1.37. The van der Waals surface area contributed by atoms with Crippen molar-refractivity contribution >= 4 is 23.4 Å². The Morgan fingerprint density at radius 3 is 2.00 bits per heavy atom. The van der Waals surface area contributed by atoms with Crippen LogP contribution in [0.4, 0.5) is 10.5 Å². The fourth-order valence-electron chi connectivity index (χ4n) is 4.40. The smallest absolute Gasteiger partial charge is 0.410 e. The molecule has 1 aromatic rings. The second-order valence-electron chi connectivity index (χ2n) is 8.64. The Bertz CT molecular complexity index is 707. The van der Waals surface area contributed by atoms with Gasteiger partial charge in [0, 0.05) is 63.1 Å². The second kappa shape index (κ2) is 10.4. The van der Waals surface area contributed by atoms with Gasteiger partial charge in [-0.15, -0.1) is 0 Å². The molecule has 3 heterocycles. The molecule has 31 heavy (non-hydrogen) atoms. The van der Waals surface area contributed by atoms with E-state index in [1.807, 2.05) is 24.3 Å². The molecule has 1 amide bonds. The lowest BCUT2D eigenvalue weighted by atomic mass is 10.0. The second-order valence-corrected chi connectivity index (χ2v) is 9.08. The first-order valence-corrected chi connectivity index (χ1v) is 11.4. The summed E-state index contributed by atoms with van der Waals surface area (Å²) in [4.78, 5) is 21.6. The number of amides is 1. The van der Waals surface area contributed by atoms with Gasteiger partial charge in [-0.05, 0) is 38.4 Å². The zero-order chi connectivity index (χ0) is 21.8. The van der Waals surface area contributed by atoms with Crippen LogP contribution in [0.1, 0.15) is 0 Å². The van der Waals surface area contributed by atoms with Crippen LogP contribution in [0.3, 0.4) is 0 Å². The first kappa shape index (κ1) is 22.6. The van der Waals surface area contributed by atoms with Gasteiger partial charge >= 0.3 is 6.09 Å². The van der Waals surface area contributed by atoms with E-state index in [9.17, 15) is 4.79 Å². The van der Waals surface area contributed by atoms with Gasteiger partial charge in [0.25, 0.3) is 0 Å². The summed E-state index contributed by atoms with van der Waals surface area (Å²) in [6.45, 7) is 7.24. The van der Waals surface area contributed by atoms with Crippen LogP contribution >= 0.6 is 11.6 Å². The van der Waals surface area contributed by atoms with E-state index in [0.29, 0.717) is 26.3 Å². The third-order valence-corrected chi connectivity index (χ3v) is 6.54. The van der Waals surface area contributed by atoms with E-state index < -0.39 is 6.10 Å². The van der Waals surface area contributed by atoms with Crippen LogP contribution in [0.2, 0.25) is 5.02 Å². The summed E-state index contributed by atoms with van der Waals surface area (Å²) < 4.78 is 18.1. The fourth-order valence-corrected chi connectivity index (χ4v) is 4.53. The normalized spacial score (nSPS) is 27.2. The Kier molecular flexibility index (Phi) is 7.55. The zero-order valence-electron chi connectivity index (χ0n) is 18.4. The molecule has 1 aromatic carbocycles. The van der Waals surface area contributed by atoms with E-state index >= 15 is 0 Å². The van der Waals surface area contributed by atoms with Gasteiger partial charge in [0.05, 0.1) is 13.2 Å². The molecule has 2 unspecified atom stereocenters. The lowest BCUT2D eigenvalue weighted by molar-refractivity contribution is -0.156. The molecule has 3 fully saturated rings. The van der Waals surface area contributed by atoms with Crippen molar-refractivity contribution in [3.05, 3.63) is 29.3 Å². The van der Waals surface area contributed by atoms with E-state index in [0.717, 1.165) is 50.0 Å². The number of anilines is 1. The molecule has 3 aliphatic rings. The first-order chi connectivity index (χ1) is 15.0. The predicted octanol–water partition coefficient (Wildman–Crippen LogP) is 1.63. The average Bonchev–Trinajstić information content (AvgIpc) is 2.78. The van der Waals surface area contributed by atoms with Crippen LogP contribution < -0.4 is 4.90 Å². The van der Waals surface area contributed by atoms with Gasteiger partial charge in [0.2, 0.25) is 0 Å². The summed E-state index contributed by atoms with van der Waals surface area (Å²) in [6.07, 6.45) is -1.08. The zero-order valence-corrected chi connectivity index (χ0v) is 19.2. The van der Waals surface area contributed by atoms with Crippen molar-refractivity contribution in [1.82, 2.24) is 14.7 Å². The third kappa shape index (κ3) is 5.81. The number of morpholine rings is 2. The molecule has 3 saturated heterocycles. The molecule has 2 atom stereocenters. The van der Waals surface area contributed by atoms with Crippen molar-refractivity contribution in [3.63, 3.8) is 0 Å².